The summed E-state index contributed by atoms with van der Waals surface area (Å²) in [5.41, 5.74) is 6.22. The topological polar surface area (TPSA) is 180 Å². The minimum Gasteiger partial charge on any atom is -0.475 e. The third-order valence-corrected chi connectivity index (χ3v) is 9.09. The van der Waals surface area contributed by atoms with E-state index in [4.69, 9.17) is 20.9 Å². The van der Waals surface area contributed by atoms with Crippen LogP contribution in [-0.2, 0) is 24.2 Å². The summed E-state index contributed by atoms with van der Waals surface area (Å²) in [4.78, 5) is 38.1. The molecule has 1 aliphatic carbocycles. The molecule has 1 unspecified atom stereocenters. The van der Waals surface area contributed by atoms with Gasteiger partial charge in [0.05, 0.1) is 16.7 Å². The Bertz CT molecular complexity index is 1320. The van der Waals surface area contributed by atoms with Crippen LogP contribution in [0, 0.1) is 23.2 Å². The van der Waals surface area contributed by atoms with Crippen LogP contribution in [-0.4, -0.2) is 54.8 Å². The average molecular weight is 601 g/mol. The summed E-state index contributed by atoms with van der Waals surface area (Å²) in [6.07, 6.45) is 1.12. The summed E-state index contributed by atoms with van der Waals surface area (Å²) in [6, 6.07) is 11.7. The number of nitrogens with zero attached hydrogens (tertiary/aromatic N) is 2. The summed E-state index contributed by atoms with van der Waals surface area (Å²) in [7, 11) is -3.62. The van der Waals surface area contributed by atoms with Crippen molar-refractivity contribution in [1.29, 1.82) is 5.26 Å². The monoisotopic (exact) mass is 600 g/mol. The van der Waals surface area contributed by atoms with Gasteiger partial charge < -0.3 is 16.2 Å². The largest absolute Gasteiger partial charge is 0.490 e. The van der Waals surface area contributed by atoms with Gasteiger partial charge in [0.15, 0.2) is 9.84 Å². The van der Waals surface area contributed by atoms with Crippen LogP contribution >= 0.6 is 11.8 Å². The lowest BCUT2D eigenvalue weighted by Gasteiger charge is -2.30. The van der Waals surface area contributed by atoms with Gasteiger partial charge >= 0.3 is 12.1 Å². The van der Waals surface area contributed by atoms with E-state index in [1.54, 1.807) is 36.7 Å². The minimum atomic E-state index is -5.08. The highest BCUT2D eigenvalue weighted by atomic mass is 32.2. The Kier molecular flexibility index (Phi) is 11.9. The van der Waals surface area contributed by atoms with Crippen molar-refractivity contribution in [2.75, 3.05) is 12.3 Å². The lowest BCUT2D eigenvalue weighted by molar-refractivity contribution is -0.192. The van der Waals surface area contributed by atoms with Crippen molar-refractivity contribution in [1.82, 2.24) is 10.3 Å². The van der Waals surface area contributed by atoms with Gasteiger partial charge in [-0.25, -0.2) is 13.2 Å². The third-order valence-electron chi connectivity index (χ3n) is 5.95. The van der Waals surface area contributed by atoms with Crippen LogP contribution in [0.15, 0.2) is 58.6 Å². The van der Waals surface area contributed by atoms with E-state index in [0.717, 1.165) is 12.8 Å². The number of primary amides is 1. The zero-order chi connectivity index (χ0) is 29.9. The second-order valence-electron chi connectivity index (χ2n) is 8.77. The standard InChI is InChI=1S/C23H26N4O4S2.C2HF3O2/c24-11-13-27-23(29)20-6-2-1-4-17(20)15-33(30,31)19-9-7-18(8-10-19)32-21(22(25)28)16-5-3-12-26-14-16;3-2(4,5)1(6)7/h3,5,7-10,12,14,17,20-21H,1-2,4,6,13,15H2,(H2,25,28)(H,27,29);(H,6,7)/t17-,20+,21?;/m1./s1. The van der Waals surface area contributed by atoms with Crippen molar-refractivity contribution >= 4 is 39.4 Å². The zero-order valence-electron chi connectivity index (χ0n) is 21.0. The molecule has 0 bridgehead atoms. The zero-order valence-corrected chi connectivity index (χ0v) is 22.6. The number of hydrogen-bond donors (Lipinski definition) is 3. The second-order valence-corrected chi connectivity index (χ2v) is 12.0. The number of nitrogens with one attached hydrogen (secondary N) is 1. The lowest BCUT2D eigenvalue weighted by atomic mass is 9.80. The van der Waals surface area contributed by atoms with Crippen molar-refractivity contribution in [2.45, 2.75) is 46.9 Å². The van der Waals surface area contributed by atoms with Crippen LogP contribution in [0.2, 0.25) is 0 Å². The van der Waals surface area contributed by atoms with Crippen LogP contribution in [0.25, 0.3) is 0 Å². The SMILES string of the molecule is N#CCNC(=O)[C@H]1CCCC[C@@H]1CS(=O)(=O)c1ccc(SC(C(N)=O)c2cccnc2)cc1.O=C(O)C(F)(F)F. The Morgan fingerprint density at radius 3 is 2.33 bits per heavy atom. The molecule has 40 heavy (non-hydrogen) atoms. The number of thioether (sulfide) groups is 1. The summed E-state index contributed by atoms with van der Waals surface area (Å²) in [5.74, 6) is -4.34. The van der Waals surface area contributed by atoms with Gasteiger partial charge in [-0.2, -0.15) is 18.4 Å². The van der Waals surface area contributed by atoms with E-state index >= 15 is 0 Å². The van der Waals surface area contributed by atoms with Crippen molar-refractivity contribution in [3.8, 4) is 6.07 Å². The number of carbonyl (C=O) groups is 3. The normalized spacial score (nSPS) is 17.9. The quantitative estimate of drug-likeness (QED) is 0.288. The number of hydrogen-bond acceptors (Lipinski definition) is 8. The Labute approximate surface area is 233 Å². The first-order valence-corrected chi connectivity index (χ1v) is 14.4. The molecular formula is C25H27F3N4O6S2. The maximum absolute atomic E-state index is 13.1. The number of amides is 2. The van der Waals surface area contributed by atoms with Crippen LogP contribution in [0.5, 0.6) is 0 Å². The number of carboxylic acids is 1. The fourth-order valence-corrected chi connectivity index (χ4v) is 6.73. The van der Waals surface area contributed by atoms with Gasteiger partial charge in [0.25, 0.3) is 0 Å². The highest BCUT2D eigenvalue weighted by molar-refractivity contribution is 8.00. The summed E-state index contributed by atoms with van der Waals surface area (Å²) in [6.45, 7) is -0.0841. The van der Waals surface area contributed by atoms with Gasteiger partial charge in [0, 0.05) is 23.2 Å². The smallest absolute Gasteiger partial charge is 0.475 e. The van der Waals surface area contributed by atoms with E-state index < -0.39 is 39.1 Å². The van der Waals surface area contributed by atoms with E-state index in [1.807, 2.05) is 6.07 Å². The number of nitrogens with two attached hydrogens (primary N) is 1. The Balaban J connectivity index is 0.000000708. The van der Waals surface area contributed by atoms with Crippen molar-refractivity contribution in [3.05, 3.63) is 54.4 Å². The van der Waals surface area contributed by atoms with Crippen LogP contribution < -0.4 is 11.1 Å². The van der Waals surface area contributed by atoms with Crippen molar-refractivity contribution < 1.29 is 41.1 Å². The lowest BCUT2D eigenvalue weighted by Crippen LogP contribution is -2.39. The molecule has 3 atom stereocenters. The van der Waals surface area contributed by atoms with Crippen LogP contribution in [0.1, 0.15) is 36.5 Å². The van der Waals surface area contributed by atoms with Gasteiger partial charge in [0.1, 0.15) is 11.8 Å². The van der Waals surface area contributed by atoms with E-state index in [-0.39, 0.29) is 29.0 Å². The number of rotatable bonds is 9. The van der Waals surface area contributed by atoms with Crippen LogP contribution in [0.3, 0.4) is 0 Å². The fourth-order valence-electron chi connectivity index (χ4n) is 4.07. The Morgan fingerprint density at radius 1 is 1.18 bits per heavy atom. The molecule has 1 saturated carbocycles. The molecule has 216 valence electrons. The molecule has 1 fully saturated rings. The molecule has 0 aliphatic heterocycles. The molecular weight excluding hydrogens is 573 g/mol. The maximum Gasteiger partial charge on any atom is 0.490 e. The molecule has 2 amide bonds. The number of aromatic nitrogens is 1. The molecule has 1 heterocycles. The number of benzene rings is 1. The predicted octanol–water partition coefficient (Wildman–Crippen LogP) is 3.25. The second kappa shape index (κ2) is 14.7. The molecule has 15 heteroatoms. The number of sulfone groups is 1. The first-order valence-electron chi connectivity index (χ1n) is 11.9. The predicted molar refractivity (Wildman–Crippen MR) is 138 cm³/mol. The Hall–Kier alpha value is -3.64. The first kappa shape index (κ1) is 32.6. The highest BCUT2D eigenvalue weighted by Gasteiger charge is 2.38. The molecule has 10 nitrogen and oxygen atoms in total. The van der Waals surface area contributed by atoms with E-state index in [0.29, 0.717) is 23.3 Å². The average Bonchev–Trinajstić information content (AvgIpc) is 2.91. The van der Waals surface area contributed by atoms with Gasteiger partial charge in [0.2, 0.25) is 11.8 Å². The first-order chi connectivity index (χ1) is 18.8. The molecule has 2 aromatic rings. The molecule has 1 aromatic carbocycles. The van der Waals surface area contributed by atoms with Gasteiger partial charge in [-0.05, 0) is 54.7 Å². The van der Waals surface area contributed by atoms with Gasteiger partial charge in [-0.1, -0.05) is 18.9 Å². The molecule has 0 saturated heterocycles. The highest BCUT2D eigenvalue weighted by Crippen LogP contribution is 2.36. The number of pyridine rings is 1. The fraction of sp³-hybridized carbons (Fsp3) is 0.400. The molecule has 1 aromatic heterocycles. The van der Waals surface area contributed by atoms with E-state index in [2.05, 4.69) is 10.3 Å². The molecule has 3 rings (SSSR count). The molecule has 1 aliphatic rings. The number of carboxylic acid groups (broad SMARTS) is 1. The molecule has 0 radical (unpaired) electrons. The minimum absolute atomic E-state index is 0.0841. The van der Waals surface area contributed by atoms with Gasteiger partial charge in [-0.3, -0.25) is 14.6 Å². The van der Waals surface area contributed by atoms with Crippen molar-refractivity contribution in [2.24, 2.45) is 17.6 Å². The number of nitriles is 1. The summed E-state index contributed by atoms with van der Waals surface area (Å²) >= 11 is 1.23. The van der Waals surface area contributed by atoms with Crippen LogP contribution in [0.4, 0.5) is 13.2 Å². The van der Waals surface area contributed by atoms with E-state index in [9.17, 15) is 31.2 Å². The number of alkyl halides is 3. The van der Waals surface area contributed by atoms with Crippen molar-refractivity contribution in [3.63, 3.8) is 0 Å². The van der Waals surface area contributed by atoms with E-state index in [1.165, 1.54) is 23.9 Å². The number of carbonyl (C=O) groups excluding carboxylic acids is 2. The molecule has 0 spiro atoms. The summed E-state index contributed by atoms with van der Waals surface area (Å²) in [5, 5.41) is 17.7. The number of aliphatic carboxylic acids is 1. The van der Waals surface area contributed by atoms with Gasteiger partial charge in [-0.15, -0.1) is 11.8 Å². The summed E-state index contributed by atoms with van der Waals surface area (Å²) < 4.78 is 57.9. The molecule has 4 N–H and O–H groups in total. The third kappa shape index (κ3) is 9.83. The number of halogens is 3. The Morgan fingerprint density at radius 2 is 1.80 bits per heavy atom. The maximum atomic E-state index is 13.1.